The van der Waals surface area contributed by atoms with Gasteiger partial charge in [0.15, 0.2) is 0 Å². The fraction of sp³-hybridized carbons (Fsp3) is 0.300. The molecule has 24 heavy (non-hydrogen) atoms. The molecule has 0 saturated heterocycles. The van der Waals surface area contributed by atoms with Crippen LogP contribution in [0.3, 0.4) is 0 Å². The van der Waals surface area contributed by atoms with Gasteiger partial charge >= 0.3 is 0 Å². The lowest BCUT2D eigenvalue weighted by Gasteiger charge is -2.21. The number of nitrogens with zero attached hydrogens (tertiary/aromatic N) is 2. The average molecular weight is 321 g/mol. The van der Waals surface area contributed by atoms with Gasteiger partial charge in [-0.3, -0.25) is 9.36 Å². The van der Waals surface area contributed by atoms with E-state index in [1.54, 1.807) is 4.57 Å². The summed E-state index contributed by atoms with van der Waals surface area (Å²) in [6.07, 6.45) is 0. The van der Waals surface area contributed by atoms with Gasteiger partial charge in [0.05, 0.1) is 23.5 Å². The van der Waals surface area contributed by atoms with Crippen LogP contribution in [-0.4, -0.2) is 9.55 Å². The zero-order valence-electron chi connectivity index (χ0n) is 14.4. The number of fused-ring (bicyclic) bond motifs is 1. The Kier molecular flexibility index (Phi) is 4.49. The Morgan fingerprint density at radius 2 is 1.83 bits per heavy atom. The molecular formula is C20H23N3O. The van der Waals surface area contributed by atoms with Crippen LogP contribution in [0.15, 0.2) is 53.3 Å². The topological polar surface area (TPSA) is 60.9 Å². The molecule has 0 amide bonds. The maximum Gasteiger partial charge on any atom is 0.261 e. The first-order chi connectivity index (χ1) is 11.5. The molecule has 0 saturated carbocycles. The van der Waals surface area contributed by atoms with E-state index in [0.717, 1.165) is 16.6 Å². The number of hydrogen-bond acceptors (Lipinski definition) is 3. The number of aromatic nitrogens is 2. The molecule has 0 spiro atoms. The first-order valence-electron chi connectivity index (χ1n) is 8.28. The molecule has 0 aliphatic heterocycles. The highest BCUT2D eigenvalue weighted by molar-refractivity contribution is 5.78. The minimum atomic E-state index is -0.286. The summed E-state index contributed by atoms with van der Waals surface area (Å²) in [5, 5.41) is 0.635. The second-order valence-corrected chi connectivity index (χ2v) is 6.64. The highest BCUT2D eigenvalue weighted by atomic mass is 16.1. The summed E-state index contributed by atoms with van der Waals surface area (Å²) in [7, 11) is 0. The molecule has 124 valence electrons. The van der Waals surface area contributed by atoms with Gasteiger partial charge in [-0.1, -0.05) is 50.2 Å². The normalized spacial score (nSPS) is 12.7. The standard InChI is InChI=1S/C20H23N3O/c1-13(2)18(21)19-22-17-11-14(3)9-10-16(17)20(24)23(19)12-15-7-5-4-6-8-15/h4-11,13,18H,12,21H2,1-3H3. The van der Waals surface area contributed by atoms with Crippen molar-refractivity contribution in [1.82, 2.24) is 9.55 Å². The molecule has 0 bridgehead atoms. The van der Waals surface area contributed by atoms with Crippen LogP contribution in [0.4, 0.5) is 0 Å². The van der Waals surface area contributed by atoms with Gasteiger partial charge in [0, 0.05) is 0 Å². The third-order valence-corrected chi connectivity index (χ3v) is 4.34. The molecule has 1 aromatic heterocycles. The SMILES string of the molecule is Cc1ccc2c(=O)n(Cc3ccccc3)c(C(N)C(C)C)nc2c1. The lowest BCUT2D eigenvalue weighted by molar-refractivity contribution is 0.463. The maximum atomic E-state index is 13.1. The number of benzene rings is 2. The van der Waals surface area contributed by atoms with Crippen LogP contribution in [0, 0.1) is 12.8 Å². The fourth-order valence-electron chi connectivity index (χ4n) is 2.82. The average Bonchev–Trinajstić information content (AvgIpc) is 2.57. The van der Waals surface area contributed by atoms with Gasteiger partial charge in [0.25, 0.3) is 5.56 Å². The zero-order valence-corrected chi connectivity index (χ0v) is 14.4. The number of hydrogen-bond donors (Lipinski definition) is 1. The fourth-order valence-corrected chi connectivity index (χ4v) is 2.82. The number of rotatable bonds is 4. The van der Waals surface area contributed by atoms with Crippen LogP contribution in [0.25, 0.3) is 10.9 Å². The van der Waals surface area contributed by atoms with Crippen molar-refractivity contribution in [2.45, 2.75) is 33.4 Å². The lowest BCUT2D eigenvalue weighted by Crippen LogP contribution is -2.32. The van der Waals surface area contributed by atoms with Crippen molar-refractivity contribution < 1.29 is 0 Å². The van der Waals surface area contributed by atoms with Crippen LogP contribution in [-0.2, 0) is 6.54 Å². The highest BCUT2D eigenvalue weighted by Crippen LogP contribution is 2.20. The van der Waals surface area contributed by atoms with Gasteiger partial charge in [-0.2, -0.15) is 0 Å². The predicted octanol–water partition coefficient (Wildman–Crippen LogP) is 3.41. The third-order valence-electron chi connectivity index (χ3n) is 4.34. The summed E-state index contributed by atoms with van der Waals surface area (Å²) in [5.41, 5.74) is 9.20. The Morgan fingerprint density at radius 1 is 1.12 bits per heavy atom. The van der Waals surface area contributed by atoms with Crippen LogP contribution in [0.1, 0.15) is 36.8 Å². The van der Waals surface area contributed by atoms with E-state index in [1.807, 2.05) is 69.3 Å². The molecule has 3 rings (SSSR count). The summed E-state index contributed by atoms with van der Waals surface area (Å²) >= 11 is 0. The van der Waals surface area contributed by atoms with E-state index >= 15 is 0 Å². The van der Waals surface area contributed by atoms with Crippen molar-refractivity contribution in [2.75, 3.05) is 0 Å². The van der Waals surface area contributed by atoms with E-state index < -0.39 is 0 Å². The molecule has 0 aliphatic carbocycles. The molecule has 0 fully saturated rings. The van der Waals surface area contributed by atoms with E-state index in [1.165, 1.54) is 0 Å². The Hall–Kier alpha value is -2.46. The van der Waals surface area contributed by atoms with Crippen molar-refractivity contribution in [3.63, 3.8) is 0 Å². The number of nitrogens with two attached hydrogens (primary N) is 1. The quantitative estimate of drug-likeness (QED) is 0.801. The highest BCUT2D eigenvalue weighted by Gasteiger charge is 2.19. The van der Waals surface area contributed by atoms with Crippen LogP contribution < -0.4 is 11.3 Å². The first kappa shape index (κ1) is 16.4. The van der Waals surface area contributed by atoms with Crippen LogP contribution >= 0.6 is 0 Å². The van der Waals surface area contributed by atoms with E-state index in [0.29, 0.717) is 17.8 Å². The van der Waals surface area contributed by atoms with E-state index in [4.69, 9.17) is 10.7 Å². The van der Waals surface area contributed by atoms with Crippen molar-refractivity contribution in [2.24, 2.45) is 11.7 Å². The van der Waals surface area contributed by atoms with Crippen molar-refractivity contribution in [3.05, 3.63) is 75.8 Å². The van der Waals surface area contributed by atoms with Crippen molar-refractivity contribution in [3.8, 4) is 0 Å². The molecule has 2 aromatic carbocycles. The second-order valence-electron chi connectivity index (χ2n) is 6.64. The molecule has 2 N–H and O–H groups in total. The Balaban J connectivity index is 2.24. The molecule has 0 aliphatic rings. The molecule has 4 nitrogen and oxygen atoms in total. The van der Waals surface area contributed by atoms with Gasteiger partial charge in [0.2, 0.25) is 0 Å². The van der Waals surface area contributed by atoms with E-state index in [2.05, 4.69) is 0 Å². The summed E-state index contributed by atoms with van der Waals surface area (Å²) in [6, 6.07) is 15.4. The Bertz CT molecular complexity index is 913. The van der Waals surface area contributed by atoms with Crippen LogP contribution in [0.2, 0.25) is 0 Å². The smallest absolute Gasteiger partial charge is 0.261 e. The zero-order chi connectivity index (χ0) is 17.3. The Morgan fingerprint density at radius 3 is 2.50 bits per heavy atom. The molecule has 1 heterocycles. The van der Waals surface area contributed by atoms with Gasteiger partial charge in [-0.05, 0) is 36.1 Å². The molecule has 4 heteroatoms. The third kappa shape index (κ3) is 3.10. The lowest BCUT2D eigenvalue weighted by atomic mass is 10.0. The number of aryl methyl sites for hydroxylation is 1. The van der Waals surface area contributed by atoms with E-state index in [9.17, 15) is 4.79 Å². The molecule has 3 aromatic rings. The van der Waals surface area contributed by atoms with Gasteiger partial charge in [-0.25, -0.2) is 4.98 Å². The predicted molar refractivity (Wildman–Crippen MR) is 98.1 cm³/mol. The van der Waals surface area contributed by atoms with E-state index in [-0.39, 0.29) is 17.5 Å². The molecular weight excluding hydrogens is 298 g/mol. The Labute approximate surface area is 142 Å². The van der Waals surface area contributed by atoms with Gasteiger partial charge in [-0.15, -0.1) is 0 Å². The monoisotopic (exact) mass is 321 g/mol. The van der Waals surface area contributed by atoms with Gasteiger partial charge < -0.3 is 5.73 Å². The summed E-state index contributed by atoms with van der Waals surface area (Å²) in [4.78, 5) is 17.8. The van der Waals surface area contributed by atoms with Gasteiger partial charge in [0.1, 0.15) is 5.82 Å². The largest absolute Gasteiger partial charge is 0.321 e. The molecule has 1 atom stereocenters. The minimum absolute atomic E-state index is 0.0325. The summed E-state index contributed by atoms with van der Waals surface area (Å²) < 4.78 is 1.72. The summed E-state index contributed by atoms with van der Waals surface area (Å²) in [5.74, 6) is 0.845. The first-order valence-corrected chi connectivity index (χ1v) is 8.28. The van der Waals surface area contributed by atoms with Crippen molar-refractivity contribution in [1.29, 1.82) is 0 Å². The molecule has 0 radical (unpaired) electrons. The van der Waals surface area contributed by atoms with Crippen molar-refractivity contribution >= 4 is 10.9 Å². The summed E-state index contributed by atoms with van der Waals surface area (Å²) in [6.45, 7) is 6.57. The second kappa shape index (κ2) is 6.57. The molecule has 1 unspecified atom stereocenters. The van der Waals surface area contributed by atoms with Crippen LogP contribution in [0.5, 0.6) is 0 Å². The maximum absolute atomic E-state index is 13.1. The minimum Gasteiger partial charge on any atom is -0.321 e.